The maximum absolute atomic E-state index is 5.62. The van der Waals surface area contributed by atoms with Crippen LogP contribution in [0.25, 0.3) is 22.4 Å². The molecular weight excluding hydrogens is 644 g/mol. The zero-order valence-corrected chi connectivity index (χ0v) is 30.2. The number of pyridine rings is 2. The lowest BCUT2D eigenvalue weighted by Gasteiger charge is -2.40. The molecule has 6 rings (SSSR count). The Bertz CT molecular complexity index is 1860. The highest BCUT2D eigenvalue weighted by atomic mass is 16.5. The topological polar surface area (TPSA) is 87.6 Å². The van der Waals surface area contributed by atoms with Crippen LogP contribution in [0.5, 0.6) is 34.5 Å². The van der Waals surface area contributed by atoms with Gasteiger partial charge in [0.25, 0.3) is 0 Å². The first kappa shape index (κ1) is 35.3. The van der Waals surface area contributed by atoms with Crippen molar-refractivity contribution in [2.75, 3.05) is 60.6 Å². The molecule has 0 N–H and O–H groups in total. The smallest absolute Gasteiger partial charge is 0.203 e. The van der Waals surface area contributed by atoms with Gasteiger partial charge in [0.05, 0.1) is 48.4 Å². The lowest BCUT2D eigenvalue weighted by Crippen LogP contribution is -2.44. The van der Waals surface area contributed by atoms with Crippen molar-refractivity contribution < 1.29 is 28.4 Å². The zero-order chi connectivity index (χ0) is 35.7. The molecule has 2 aromatic heterocycles. The van der Waals surface area contributed by atoms with E-state index in [9.17, 15) is 0 Å². The van der Waals surface area contributed by atoms with Gasteiger partial charge >= 0.3 is 0 Å². The molecule has 1 aliphatic rings. The van der Waals surface area contributed by atoms with E-state index in [1.807, 2.05) is 42.9 Å². The number of anilines is 1. The highest BCUT2D eigenvalue weighted by Gasteiger charge is 2.26. The summed E-state index contributed by atoms with van der Waals surface area (Å²) in [5.74, 6) is 3.56. The number of hydrogen-bond acceptors (Lipinski definition) is 10. The summed E-state index contributed by atoms with van der Waals surface area (Å²) in [4.78, 5) is 14.4. The maximum Gasteiger partial charge on any atom is 0.203 e. The summed E-state index contributed by atoms with van der Waals surface area (Å²) < 4.78 is 33.4. The molecule has 0 radical (unpaired) electrons. The minimum atomic E-state index is 0.376. The summed E-state index contributed by atoms with van der Waals surface area (Å²) >= 11 is 0. The van der Waals surface area contributed by atoms with Crippen LogP contribution in [0.4, 0.5) is 5.69 Å². The van der Waals surface area contributed by atoms with Crippen LogP contribution in [0, 0.1) is 0 Å². The average molecular weight is 691 g/mol. The second-order valence-corrected chi connectivity index (χ2v) is 12.4. The maximum atomic E-state index is 5.62. The molecule has 10 heteroatoms. The van der Waals surface area contributed by atoms with Crippen molar-refractivity contribution in [3.05, 3.63) is 103 Å². The average Bonchev–Trinajstić information content (AvgIpc) is 3.19. The Kier molecular flexibility index (Phi) is 11.4. The third-order valence-corrected chi connectivity index (χ3v) is 9.42. The second kappa shape index (κ2) is 16.5. The van der Waals surface area contributed by atoms with Gasteiger partial charge in [0.2, 0.25) is 11.5 Å². The number of aromatic nitrogens is 2. The molecule has 0 amide bonds. The molecule has 1 aliphatic heterocycles. The molecule has 0 unspecified atom stereocenters. The number of nitrogens with zero attached hydrogens (tertiary/aromatic N) is 4. The van der Waals surface area contributed by atoms with Crippen molar-refractivity contribution >= 4 is 5.69 Å². The van der Waals surface area contributed by atoms with E-state index in [1.165, 1.54) is 11.3 Å². The van der Waals surface area contributed by atoms with Gasteiger partial charge in [-0.2, -0.15) is 0 Å². The molecule has 0 aliphatic carbocycles. The van der Waals surface area contributed by atoms with Crippen LogP contribution >= 0.6 is 0 Å². The molecule has 10 nitrogen and oxygen atoms in total. The van der Waals surface area contributed by atoms with Crippen LogP contribution in [0.3, 0.4) is 0 Å². The first-order chi connectivity index (χ1) is 25.0. The monoisotopic (exact) mass is 690 g/mol. The molecule has 0 bridgehead atoms. The molecule has 3 aromatic carbocycles. The minimum Gasteiger partial charge on any atom is -0.493 e. The van der Waals surface area contributed by atoms with Gasteiger partial charge < -0.3 is 33.3 Å². The lowest BCUT2D eigenvalue weighted by molar-refractivity contribution is 0.201. The highest BCUT2D eigenvalue weighted by Crippen LogP contribution is 2.42. The van der Waals surface area contributed by atoms with Crippen LogP contribution < -0.4 is 33.3 Å². The van der Waals surface area contributed by atoms with E-state index in [4.69, 9.17) is 28.4 Å². The standard InChI is InChI=1S/C41H46N4O6/c1-46-36-20-30(21-37(47-2)40(36)50-5)32-18-29(24-42-25-32)27-45(33-10-8-7-9-11-33)34-13-16-44(17-14-34)26-28-12-15-43-35(19-28)31-22-38(48-3)41(51-6)39(23-31)49-4/h7-12,15,18-25,34H,13-14,16-17,26-27H2,1-6H3. The molecule has 51 heavy (non-hydrogen) atoms. The van der Waals surface area contributed by atoms with Gasteiger partial charge in [-0.1, -0.05) is 18.2 Å². The summed E-state index contributed by atoms with van der Waals surface area (Å²) in [7, 11) is 9.73. The Labute approximate surface area is 300 Å². The third-order valence-electron chi connectivity index (χ3n) is 9.42. The molecule has 1 fully saturated rings. The summed E-state index contributed by atoms with van der Waals surface area (Å²) in [6, 6.07) is 25.3. The number of ether oxygens (including phenoxy) is 6. The Morgan fingerprint density at radius 3 is 1.78 bits per heavy atom. The fourth-order valence-corrected chi connectivity index (χ4v) is 6.83. The number of para-hydroxylation sites is 1. The van der Waals surface area contributed by atoms with Crippen molar-refractivity contribution in [2.45, 2.75) is 32.0 Å². The number of hydrogen-bond donors (Lipinski definition) is 0. The lowest BCUT2D eigenvalue weighted by atomic mass is 9.99. The Balaban J connectivity index is 1.17. The van der Waals surface area contributed by atoms with E-state index >= 15 is 0 Å². The Hall–Kier alpha value is -5.48. The van der Waals surface area contributed by atoms with E-state index in [0.717, 1.165) is 67.0 Å². The summed E-state index contributed by atoms with van der Waals surface area (Å²) in [5, 5.41) is 0. The van der Waals surface area contributed by atoms with Gasteiger partial charge in [0.1, 0.15) is 0 Å². The Morgan fingerprint density at radius 1 is 0.627 bits per heavy atom. The van der Waals surface area contributed by atoms with Crippen LogP contribution in [-0.2, 0) is 13.1 Å². The molecule has 1 saturated heterocycles. The van der Waals surface area contributed by atoms with Crippen molar-refractivity contribution in [3.8, 4) is 56.9 Å². The fourth-order valence-electron chi connectivity index (χ4n) is 6.83. The van der Waals surface area contributed by atoms with Crippen molar-refractivity contribution in [3.63, 3.8) is 0 Å². The van der Waals surface area contributed by atoms with Crippen LogP contribution in [0.15, 0.2) is 91.4 Å². The van der Waals surface area contributed by atoms with Crippen molar-refractivity contribution in [1.82, 2.24) is 14.9 Å². The first-order valence-corrected chi connectivity index (χ1v) is 17.0. The van der Waals surface area contributed by atoms with Gasteiger partial charge in [-0.25, -0.2) is 0 Å². The molecule has 0 atom stereocenters. The van der Waals surface area contributed by atoms with E-state index in [-0.39, 0.29) is 0 Å². The van der Waals surface area contributed by atoms with Crippen molar-refractivity contribution in [2.24, 2.45) is 0 Å². The van der Waals surface area contributed by atoms with Gasteiger partial charge in [-0.05, 0) is 84.1 Å². The van der Waals surface area contributed by atoms with E-state index in [0.29, 0.717) is 40.5 Å². The highest BCUT2D eigenvalue weighted by molar-refractivity contribution is 5.71. The normalized spacial score (nSPS) is 13.4. The van der Waals surface area contributed by atoms with Gasteiger partial charge in [0, 0.05) is 67.6 Å². The molecule has 3 heterocycles. The van der Waals surface area contributed by atoms with Gasteiger partial charge in [-0.15, -0.1) is 0 Å². The number of rotatable bonds is 14. The number of methoxy groups -OCH3 is 6. The molecule has 0 spiro atoms. The van der Waals surface area contributed by atoms with E-state index in [2.05, 4.69) is 68.3 Å². The summed E-state index contributed by atoms with van der Waals surface area (Å²) in [5.41, 5.74) is 7.25. The largest absolute Gasteiger partial charge is 0.493 e. The number of likely N-dealkylation sites (tertiary alicyclic amines) is 1. The second-order valence-electron chi connectivity index (χ2n) is 12.4. The number of benzene rings is 3. The molecular formula is C41H46N4O6. The predicted octanol–water partition coefficient (Wildman–Crippen LogP) is 7.53. The minimum absolute atomic E-state index is 0.376. The van der Waals surface area contributed by atoms with Gasteiger partial charge in [-0.3, -0.25) is 14.9 Å². The van der Waals surface area contributed by atoms with E-state index in [1.54, 1.807) is 42.7 Å². The third kappa shape index (κ3) is 7.97. The van der Waals surface area contributed by atoms with E-state index < -0.39 is 0 Å². The van der Waals surface area contributed by atoms with Crippen molar-refractivity contribution in [1.29, 1.82) is 0 Å². The zero-order valence-electron chi connectivity index (χ0n) is 30.2. The fraction of sp³-hybridized carbons (Fsp3) is 0.317. The van der Waals surface area contributed by atoms with Gasteiger partial charge in [0.15, 0.2) is 23.0 Å². The quantitative estimate of drug-likeness (QED) is 0.117. The predicted molar refractivity (Wildman–Crippen MR) is 200 cm³/mol. The summed E-state index contributed by atoms with van der Waals surface area (Å²) in [6.45, 7) is 3.56. The first-order valence-electron chi connectivity index (χ1n) is 17.0. The van der Waals surface area contributed by atoms with Crippen LogP contribution in [0.1, 0.15) is 24.0 Å². The molecule has 5 aromatic rings. The molecule has 266 valence electrons. The van der Waals surface area contributed by atoms with Crippen LogP contribution in [0.2, 0.25) is 0 Å². The Morgan fingerprint density at radius 2 is 1.22 bits per heavy atom. The number of piperidine rings is 1. The summed E-state index contributed by atoms with van der Waals surface area (Å²) in [6.07, 6.45) is 7.79. The SMILES string of the molecule is COc1cc(-c2cncc(CN(c3ccccc3)C3CCN(Cc4ccnc(-c5cc(OC)c(OC)c(OC)c5)c4)CC3)c2)cc(OC)c1OC. The molecule has 0 saturated carbocycles. The van der Waals surface area contributed by atoms with Crippen LogP contribution in [-0.4, -0.2) is 76.7 Å².